The van der Waals surface area contributed by atoms with Crippen molar-refractivity contribution in [3.8, 4) is 17.0 Å². The third-order valence-corrected chi connectivity index (χ3v) is 4.97. The van der Waals surface area contributed by atoms with Crippen LogP contribution in [0.5, 0.6) is 5.75 Å². The molecule has 5 nitrogen and oxygen atoms in total. The first-order valence-electron chi connectivity index (χ1n) is 10.0. The molecule has 0 saturated carbocycles. The molecule has 1 heterocycles. The van der Waals surface area contributed by atoms with E-state index in [1.165, 1.54) is 5.56 Å². The van der Waals surface area contributed by atoms with Crippen LogP contribution in [0.25, 0.3) is 11.3 Å². The molecule has 0 atom stereocenters. The Bertz CT molecular complexity index is 1190. The van der Waals surface area contributed by atoms with Crippen LogP contribution in [0.1, 0.15) is 27.2 Å². The van der Waals surface area contributed by atoms with E-state index in [-0.39, 0.29) is 5.91 Å². The highest BCUT2D eigenvalue weighted by molar-refractivity contribution is 6.04. The molecule has 5 heteroatoms. The first kappa shape index (κ1) is 20.3. The molecule has 3 aromatic carbocycles. The summed E-state index contributed by atoms with van der Waals surface area (Å²) < 4.78 is 5.22. The zero-order chi connectivity index (χ0) is 21.6. The van der Waals surface area contributed by atoms with E-state index < -0.39 is 0 Å². The normalized spacial score (nSPS) is 10.5. The molecule has 4 aromatic rings. The van der Waals surface area contributed by atoms with E-state index >= 15 is 0 Å². The summed E-state index contributed by atoms with van der Waals surface area (Å²) in [7, 11) is 1.57. The molecule has 1 N–H and O–H groups in total. The molecule has 0 aliphatic carbocycles. The van der Waals surface area contributed by atoms with Crippen LogP contribution in [-0.2, 0) is 6.42 Å². The van der Waals surface area contributed by atoms with Gasteiger partial charge >= 0.3 is 0 Å². The summed E-state index contributed by atoms with van der Waals surface area (Å²) in [6.45, 7) is 2.05. The molecule has 0 radical (unpaired) electrons. The van der Waals surface area contributed by atoms with Crippen molar-refractivity contribution in [3.63, 3.8) is 0 Å². The molecule has 0 spiro atoms. The Morgan fingerprint density at radius 3 is 2.48 bits per heavy atom. The SMILES string of the molecule is COc1cccc(C(=O)Nc2ncc(-c3ccc(C)cc3)nc2Cc2ccccc2)c1. The maximum Gasteiger partial charge on any atom is 0.257 e. The maximum atomic E-state index is 12.8. The third-order valence-electron chi connectivity index (χ3n) is 4.97. The van der Waals surface area contributed by atoms with Crippen molar-refractivity contribution >= 4 is 11.7 Å². The first-order valence-corrected chi connectivity index (χ1v) is 10.0. The molecule has 4 rings (SSSR count). The second-order valence-electron chi connectivity index (χ2n) is 7.27. The fraction of sp³-hybridized carbons (Fsp3) is 0.115. The number of carbonyl (C=O) groups excluding carboxylic acids is 1. The molecule has 0 aliphatic heterocycles. The van der Waals surface area contributed by atoms with Crippen molar-refractivity contribution < 1.29 is 9.53 Å². The lowest BCUT2D eigenvalue weighted by Crippen LogP contribution is -2.16. The largest absolute Gasteiger partial charge is 0.497 e. The minimum atomic E-state index is -0.259. The zero-order valence-electron chi connectivity index (χ0n) is 17.5. The van der Waals surface area contributed by atoms with Gasteiger partial charge in [0.05, 0.1) is 24.7 Å². The van der Waals surface area contributed by atoms with Crippen LogP contribution in [0.2, 0.25) is 0 Å². The van der Waals surface area contributed by atoms with E-state index in [4.69, 9.17) is 9.72 Å². The topological polar surface area (TPSA) is 64.1 Å². The highest BCUT2D eigenvalue weighted by Crippen LogP contribution is 2.23. The van der Waals surface area contributed by atoms with Crippen LogP contribution in [0.3, 0.4) is 0 Å². The fourth-order valence-corrected chi connectivity index (χ4v) is 3.25. The number of rotatable bonds is 6. The number of anilines is 1. The minimum Gasteiger partial charge on any atom is -0.497 e. The summed E-state index contributed by atoms with van der Waals surface area (Å²) >= 11 is 0. The van der Waals surface area contributed by atoms with Gasteiger partial charge in [-0.15, -0.1) is 0 Å². The fourth-order valence-electron chi connectivity index (χ4n) is 3.25. The van der Waals surface area contributed by atoms with Crippen LogP contribution >= 0.6 is 0 Å². The number of benzene rings is 3. The smallest absolute Gasteiger partial charge is 0.257 e. The number of aromatic nitrogens is 2. The van der Waals surface area contributed by atoms with E-state index in [9.17, 15) is 4.79 Å². The van der Waals surface area contributed by atoms with Gasteiger partial charge in [0, 0.05) is 17.5 Å². The Hall–Kier alpha value is -3.99. The summed E-state index contributed by atoms with van der Waals surface area (Å²) in [6.07, 6.45) is 2.25. The molecule has 1 amide bonds. The Kier molecular flexibility index (Phi) is 6.03. The van der Waals surface area contributed by atoms with Crippen molar-refractivity contribution in [2.24, 2.45) is 0 Å². The number of methoxy groups -OCH3 is 1. The zero-order valence-corrected chi connectivity index (χ0v) is 17.5. The Labute approximate surface area is 181 Å². The number of carbonyl (C=O) groups is 1. The van der Waals surface area contributed by atoms with Gasteiger partial charge in [0.2, 0.25) is 0 Å². The van der Waals surface area contributed by atoms with Gasteiger partial charge in [-0.1, -0.05) is 66.2 Å². The Balaban J connectivity index is 1.68. The van der Waals surface area contributed by atoms with E-state index in [0.717, 1.165) is 16.8 Å². The maximum absolute atomic E-state index is 12.8. The van der Waals surface area contributed by atoms with E-state index in [0.29, 0.717) is 29.2 Å². The van der Waals surface area contributed by atoms with Gasteiger partial charge in [0.1, 0.15) is 5.75 Å². The van der Waals surface area contributed by atoms with E-state index in [1.807, 2.05) is 61.5 Å². The van der Waals surface area contributed by atoms with Crippen molar-refractivity contribution in [3.05, 3.63) is 107 Å². The second kappa shape index (κ2) is 9.22. The van der Waals surface area contributed by atoms with Gasteiger partial charge in [-0.2, -0.15) is 0 Å². The lowest BCUT2D eigenvalue weighted by molar-refractivity contribution is 0.102. The van der Waals surface area contributed by atoms with Gasteiger partial charge in [0.15, 0.2) is 5.82 Å². The minimum absolute atomic E-state index is 0.259. The monoisotopic (exact) mass is 409 g/mol. The summed E-state index contributed by atoms with van der Waals surface area (Å²) in [6, 6.07) is 25.2. The van der Waals surface area contributed by atoms with Gasteiger partial charge in [0.25, 0.3) is 5.91 Å². The van der Waals surface area contributed by atoms with Gasteiger partial charge in [-0.05, 0) is 30.7 Å². The summed E-state index contributed by atoms with van der Waals surface area (Å²) in [5, 5.41) is 2.92. The third kappa shape index (κ3) is 4.95. The number of ether oxygens (including phenoxy) is 1. The standard InChI is InChI=1S/C26H23N3O2/c1-18-11-13-20(14-12-18)24-17-27-25(23(28-24)15-19-7-4-3-5-8-19)29-26(30)21-9-6-10-22(16-21)31-2/h3-14,16-17H,15H2,1-2H3,(H,27,29,30). The predicted molar refractivity (Wildman–Crippen MR) is 122 cm³/mol. The molecule has 0 aliphatic rings. The predicted octanol–water partition coefficient (Wildman–Crippen LogP) is 5.30. The molecule has 31 heavy (non-hydrogen) atoms. The van der Waals surface area contributed by atoms with Crippen LogP contribution in [-0.4, -0.2) is 23.0 Å². The molecular formula is C26H23N3O2. The first-order chi connectivity index (χ1) is 15.1. The van der Waals surface area contributed by atoms with Crippen LogP contribution in [0, 0.1) is 6.92 Å². The van der Waals surface area contributed by atoms with Crippen LogP contribution in [0.15, 0.2) is 85.1 Å². The number of nitrogens with one attached hydrogen (secondary N) is 1. The molecular weight excluding hydrogens is 386 g/mol. The Morgan fingerprint density at radius 2 is 1.74 bits per heavy atom. The van der Waals surface area contributed by atoms with Crippen molar-refractivity contribution in [1.29, 1.82) is 0 Å². The highest BCUT2D eigenvalue weighted by Gasteiger charge is 2.14. The van der Waals surface area contributed by atoms with Crippen molar-refractivity contribution in [2.45, 2.75) is 13.3 Å². The van der Waals surface area contributed by atoms with Gasteiger partial charge in [-0.25, -0.2) is 9.97 Å². The Morgan fingerprint density at radius 1 is 0.968 bits per heavy atom. The summed E-state index contributed by atoms with van der Waals surface area (Å²) in [5.74, 6) is 0.816. The lowest BCUT2D eigenvalue weighted by atomic mass is 10.1. The average molecular weight is 409 g/mol. The van der Waals surface area contributed by atoms with Crippen molar-refractivity contribution in [2.75, 3.05) is 12.4 Å². The number of aryl methyl sites for hydroxylation is 1. The number of hydrogen-bond donors (Lipinski definition) is 1. The van der Waals surface area contributed by atoms with Crippen molar-refractivity contribution in [1.82, 2.24) is 9.97 Å². The molecule has 0 unspecified atom stereocenters. The number of amides is 1. The average Bonchev–Trinajstić information content (AvgIpc) is 2.81. The van der Waals surface area contributed by atoms with Crippen LogP contribution in [0.4, 0.5) is 5.82 Å². The molecule has 0 saturated heterocycles. The molecule has 154 valence electrons. The number of hydrogen-bond acceptors (Lipinski definition) is 4. The van der Waals surface area contributed by atoms with Gasteiger partial charge in [-0.3, -0.25) is 4.79 Å². The molecule has 0 bridgehead atoms. The molecule has 1 aromatic heterocycles. The molecule has 0 fully saturated rings. The summed E-state index contributed by atoms with van der Waals surface area (Å²) in [4.78, 5) is 22.2. The quantitative estimate of drug-likeness (QED) is 0.469. The van der Waals surface area contributed by atoms with E-state index in [1.54, 1.807) is 37.6 Å². The lowest BCUT2D eigenvalue weighted by Gasteiger charge is -2.12. The van der Waals surface area contributed by atoms with Crippen LogP contribution < -0.4 is 10.1 Å². The second-order valence-corrected chi connectivity index (χ2v) is 7.27. The number of nitrogens with zero attached hydrogens (tertiary/aromatic N) is 2. The highest BCUT2D eigenvalue weighted by atomic mass is 16.5. The summed E-state index contributed by atoms with van der Waals surface area (Å²) in [5.41, 5.74) is 5.23. The van der Waals surface area contributed by atoms with Gasteiger partial charge < -0.3 is 10.1 Å². The van der Waals surface area contributed by atoms with E-state index in [2.05, 4.69) is 10.3 Å².